The topological polar surface area (TPSA) is 62.3 Å². The lowest BCUT2D eigenvalue weighted by Gasteiger charge is -2.15. The molecule has 0 atom stereocenters. The van der Waals surface area contributed by atoms with Crippen molar-refractivity contribution in [1.82, 2.24) is 9.88 Å². The molecule has 0 saturated carbocycles. The van der Waals surface area contributed by atoms with Crippen LogP contribution in [0.2, 0.25) is 0 Å². The lowest BCUT2D eigenvalue weighted by Crippen LogP contribution is -2.29. The van der Waals surface area contributed by atoms with Crippen molar-refractivity contribution in [1.29, 1.82) is 0 Å². The minimum atomic E-state index is -0.201. The first-order valence-electron chi connectivity index (χ1n) is 9.28. The van der Waals surface area contributed by atoms with Crippen molar-refractivity contribution in [3.05, 3.63) is 53.6 Å². The molecule has 1 fully saturated rings. The summed E-state index contributed by atoms with van der Waals surface area (Å²) < 4.78 is 1.05. The quantitative estimate of drug-likeness (QED) is 0.625. The molecule has 2 heterocycles. The number of thiazole rings is 1. The average molecular weight is 412 g/mol. The van der Waals surface area contributed by atoms with Gasteiger partial charge in [-0.25, -0.2) is 4.98 Å². The number of anilines is 1. The molecule has 28 heavy (non-hydrogen) atoms. The molecule has 0 radical (unpaired) electrons. The van der Waals surface area contributed by atoms with Gasteiger partial charge in [0, 0.05) is 18.0 Å². The van der Waals surface area contributed by atoms with Gasteiger partial charge >= 0.3 is 0 Å². The number of amides is 2. The Morgan fingerprint density at radius 3 is 2.79 bits per heavy atom. The summed E-state index contributed by atoms with van der Waals surface area (Å²) in [5.41, 5.74) is 2.61. The predicted octanol–water partition coefficient (Wildman–Crippen LogP) is 4.57. The number of carbonyl (C=O) groups excluding carboxylic acids is 2. The molecule has 1 N–H and O–H groups in total. The molecular weight excluding hydrogens is 390 g/mol. The van der Waals surface area contributed by atoms with E-state index in [2.05, 4.69) is 16.4 Å². The summed E-state index contributed by atoms with van der Waals surface area (Å²) in [5.74, 6) is 0.289. The van der Waals surface area contributed by atoms with Gasteiger partial charge in [0.15, 0.2) is 5.13 Å². The number of aromatic nitrogens is 1. The summed E-state index contributed by atoms with van der Waals surface area (Å²) in [6.45, 7) is 3.73. The second-order valence-electron chi connectivity index (χ2n) is 6.82. The Bertz CT molecular complexity index is 1030. The fraction of sp³-hybridized carbons (Fsp3) is 0.286. The van der Waals surface area contributed by atoms with Crippen LogP contribution >= 0.6 is 23.1 Å². The van der Waals surface area contributed by atoms with Crippen molar-refractivity contribution < 1.29 is 9.59 Å². The zero-order valence-electron chi connectivity index (χ0n) is 15.6. The average Bonchev–Trinajstić information content (AvgIpc) is 3.35. The van der Waals surface area contributed by atoms with E-state index in [4.69, 9.17) is 0 Å². The number of hydrogen-bond acceptors (Lipinski definition) is 5. The van der Waals surface area contributed by atoms with Crippen LogP contribution in [0.25, 0.3) is 10.2 Å². The number of rotatable bonds is 5. The number of benzene rings is 2. The van der Waals surface area contributed by atoms with E-state index in [-0.39, 0.29) is 11.8 Å². The predicted molar refractivity (Wildman–Crippen MR) is 115 cm³/mol. The van der Waals surface area contributed by atoms with Crippen LogP contribution in [0.5, 0.6) is 0 Å². The Morgan fingerprint density at radius 2 is 1.96 bits per heavy atom. The van der Waals surface area contributed by atoms with Gasteiger partial charge in [-0.1, -0.05) is 29.5 Å². The van der Waals surface area contributed by atoms with Crippen molar-refractivity contribution in [3.8, 4) is 0 Å². The van der Waals surface area contributed by atoms with E-state index >= 15 is 0 Å². The first-order chi connectivity index (χ1) is 13.6. The molecule has 4 rings (SSSR count). The Balaban J connectivity index is 1.46. The number of aryl methyl sites for hydroxylation is 1. The first-order valence-corrected chi connectivity index (χ1v) is 11.1. The Labute approximate surface area is 172 Å². The third kappa shape index (κ3) is 4.20. The van der Waals surface area contributed by atoms with Crippen molar-refractivity contribution in [2.75, 3.05) is 24.2 Å². The van der Waals surface area contributed by atoms with E-state index in [0.29, 0.717) is 16.4 Å². The normalized spacial score (nSPS) is 13.8. The lowest BCUT2D eigenvalue weighted by molar-refractivity contribution is -0.127. The summed E-state index contributed by atoms with van der Waals surface area (Å²) >= 11 is 2.88. The molecule has 7 heteroatoms. The van der Waals surface area contributed by atoms with Crippen molar-refractivity contribution in [2.45, 2.75) is 24.7 Å². The maximum absolute atomic E-state index is 12.8. The van der Waals surface area contributed by atoms with Gasteiger partial charge in [-0.2, -0.15) is 0 Å². The summed E-state index contributed by atoms with van der Waals surface area (Å²) in [7, 11) is 0. The van der Waals surface area contributed by atoms with E-state index in [1.807, 2.05) is 42.2 Å². The SMILES string of the molecule is Cc1ccc2nc(NC(=O)c3ccccc3SCC(=O)N3CCCC3)sc2c1. The molecule has 1 aliphatic rings. The second-order valence-corrected chi connectivity index (χ2v) is 8.86. The van der Waals surface area contributed by atoms with Crippen LogP contribution in [0.4, 0.5) is 5.13 Å². The summed E-state index contributed by atoms with van der Waals surface area (Å²) in [6.07, 6.45) is 2.16. The van der Waals surface area contributed by atoms with Crippen molar-refractivity contribution >= 4 is 50.3 Å². The molecule has 0 unspecified atom stereocenters. The first kappa shape index (κ1) is 19.0. The number of likely N-dealkylation sites (tertiary alicyclic amines) is 1. The summed E-state index contributed by atoms with van der Waals surface area (Å²) in [5, 5.41) is 3.49. The highest BCUT2D eigenvalue weighted by Crippen LogP contribution is 2.29. The zero-order chi connectivity index (χ0) is 19.5. The van der Waals surface area contributed by atoms with Crippen LogP contribution in [0.1, 0.15) is 28.8 Å². The van der Waals surface area contributed by atoms with E-state index in [0.717, 1.165) is 41.0 Å². The summed E-state index contributed by atoms with van der Waals surface area (Å²) in [4.78, 5) is 32.3. The molecular formula is C21H21N3O2S2. The van der Waals surface area contributed by atoms with Crippen molar-refractivity contribution in [3.63, 3.8) is 0 Å². The number of fused-ring (bicyclic) bond motifs is 1. The maximum Gasteiger partial charge on any atom is 0.258 e. The van der Waals surface area contributed by atoms with Gasteiger partial charge in [-0.15, -0.1) is 11.8 Å². The number of hydrogen-bond donors (Lipinski definition) is 1. The minimum absolute atomic E-state index is 0.138. The van der Waals surface area contributed by atoms with Crippen molar-refractivity contribution in [2.24, 2.45) is 0 Å². The minimum Gasteiger partial charge on any atom is -0.342 e. The third-order valence-electron chi connectivity index (χ3n) is 4.71. The fourth-order valence-electron chi connectivity index (χ4n) is 3.23. The van der Waals surface area contributed by atoms with Crippen LogP contribution in [0.3, 0.4) is 0 Å². The highest BCUT2D eigenvalue weighted by atomic mass is 32.2. The van der Waals surface area contributed by atoms with Gasteiger partial charge in [-0.3, -0.25) is 14.9 Å². The largest absolute Gasteiger partial charge is 0.342 e. The van der Waals surface area contributed by atoms with Gasteiger partial charge in [-0.05, 0) is 49.6 Å². The molecule has 1 aromatic heterocycles. The molecule has 0 aliphatic carbocycles. The fourth-order valence-corrected chi connectivity index (χ4v) is 5.14. The molecule has 1 saturated heterocycles. The van der Waals surface area contributed by atoms with Crippen LogP contribution in [0.15, 0.2) is 47.4 Å². The Kier molecular flexibility index (Phi) is 5.64. The summed E-state index contributed by atoms with van der Waals surface area (Å²) in [6, 6.07) is 13.4. The molecule has 3 aromatic rings. The van der Waals surface area contributed by atoms with E-state index in [1.54, 1.807) is 6.07 Å². The van der Waals surface area contributed by atoms with Crippen LogP contribution in [-0.2, 0) is 4.79 Å². The molecule has 5 nitrogen and oxygen atoms in total. The Morgan fingerprint density at radius 1 is 1.18 bits per heavy atom. The van der Waals surface area contributed by atoms with Gasteiger partial charge in [0.1, 0.15) is 0 Å². The second kappa shape index (κ2) is 8.32. The monoisotopic (exact) mass is 411 g/mol. The molecule has 144 valence electrons. The maximum atomic E-state index is 12.8. The van der Waals surface area contributed by atoms with E-state index in [1.165, 1.54) is 28.7 Å². The number of carbonyl (C=O) groups is 2. The highest BCUT2D eigenvalue weighted by molar-refractivity contribution is 8.00. The van der Waals surface area contributed by atoms with Crippen LogP contribution in [0, 0.1) is 6.92 Å². The lowest BCUT2D eigenvalue weighted by atomic mass is 10.2. The number of thioether (sulfide) groups is 1. The van der Waals surface area contributed by atoms with E-state index in [9.17, 15) is 9.59 Å². The van der Waals surface area contributed by atoms with Gasteiger partial charge in [0.05, 0.1) is 21.5 Å². The van der Waals surface area contributed by atoms with E-state index < -0.39 is 0 Å². The number of nitrogens with one attached hydrogen (secondary N) is 1. The van der Waals surface area contributed by atoms with Gasteiger partial charge < -0.3 is 4.90 Å². The van der Waals surface area contributed by atoms with Gasteiger partial charge in [0.25, 0.3) is 5.91 Å². The Hall–Kier alpha value is -2.38. The molecule has 2 aromatic carbocycles. The molecule has 0 bridgehead atoms. The third-order valence-corrected chi connectivity index (χ3v) is 6.70. The van der Waals surface area contributed by atoms with Gasteiger partial charge in [0.2, 0.25) is 5.91 Å². The smallest absolute Gasteiger partial charge is 0.258 e. The standard InChI is InChI=1S/C21H21N3O2S2/c1-14-8-9-16-18(12-14)28-21(22-16)23-20(26)15-6-2-3-7-17(15)27-13-19(25)24-10-4-5-11-24/h2-3,6-9,12H,4-5,10-11,13H2,1H3,(H,22,23,26). The molecule has 1 aliphatic heterocycles. The number of nitrogens with zero attached hydrogens (tertiary/aromatic N) is 2. The van der Waals surface area contributed by atoms with Crippen LogP contribution < -0.4 is 5.32 Å². The molecule has 0 spiro atoms. The highest BCUT2D eigenvalue weighted by Gasteiger charge is 2.19. The zero-order valence-corrected chi connectivity index (χ0v) is 17.2. The van der Waals surface area contributed by atoms with Crippen LogP contribution in [-0.4, -0.2) is 40.5 Å². The molecule has 2 amide bonds.